The number of hydrogen-bond acceptors (Lipinski definition) is 4. The fourth-order valence-corrected chi connectivity index (χ4v) is 4.53. The molecule has 196 valence electrons. The Kier molecular flexibility index (Phi) is 10.3. The number of nitrogens with zero attached hydrogens (tertiary/aromatic N) is 2. The number of carbonyl (C=O) groups excluding carboxylic acids is 2. The molecular formula is C28H45N3O4. The molecule has 3 atom stereocenters. The van der Waals surface area contributed by atoms with Gasteiger partial charge in [-0.2, -0.15) is 0 Å². The van der Waals surface area contributed by atoms with Crippen LogP contribution < -0.4 is 5.32 Å². The summed E-state index contributed by atoms with van der Waals surface area (Å²) in [5.74, 6) is -1.52. The summed E-state index contributed by atoms with van der Waals surface area (Å²) in [7, 11) is 5.40. The van der Waals surface area contributed by atoms with Gasteiger partial charge in [0.2, 0.25) is 11.8 Å². The van der Waals surface area contributed by atoms with E-state index in [9.17, 15) is 19.5 Å². The van der Waals surface area contributed by atoms with Crippen LogP contribution in [0, 0.1) is 11.3 Å². The topological polar surface area (TPSA) is 90.0 Å². The molecule has 0 radical (unpaired) electrons. The molecule has 0 unspecified atom stereocenters. The highest BCUT2D eigenvalue weighted by Crippen LogP contribution is 2.31. The lowest BCUT2D eigenvalue weighted by molar-refractivity contribution is -0.142. The van der Waals surface area contributed by atoms with Crippen molar-refractivity contribution in [3.63, 3.8) is 0 Å². The van der Waals surface area contributed by atoms with E-state index in [0.29, 0.717) is 0 Å². The van der Waals surface area contributed by atoms with Gasteiger partial charge in [-0.3, -0.25) is 14.5 Å². The van der Waals surface area contributed by atoms with Crippen LogP contribution in [0.15, 0.2) is 42.0 Å². The number of likely N-dealkylation sites (N-methyl/N-ethyl adjacent to an activating group) is 2. The fraction of sp³-hybridized carbons (Fsp3) is 0.607. The van der Waals surface area contributed by atoms with Gasteiger partial charge in [-0.1, -0.05) is 84.9 Å². The number of nitrogens with one attached hydrogen (secondary N) is 1. The Morgan fingerprint density at radius 3 is 1.89 bits per heavy atom. The number of aliphatic carboxylic acids is 1. The van der Waals surface area contributed by atoms with Gasteiger partial charge in [0, 0.05) is 18.0 Å². The zero-order valence-electron chi connectivity index (χ0n) is 23.3. The van der Waals surface area contributed by atoms with Gasteiger partial charge in [-0.25, -0.2) is 4.79 Å². The second kappa shape index (κ2) is 11.8. The molecule has 7 nitrogen and oxygen atoms in total. The van der Waals surface area contributed by atoms with Crippen molar-refractivity contribution in [3.8, 4) is 0 Å². The molecule has 0 aliphatic rings. The number of carbonyl (C=O) groups is 3. The zero-order chi connectivity index (χ0) is 27.3. The van der Waals surface area contributed by atoms with Crippen molar-refractivity contribution in [2.75, 3.05) is 21.1 Å². The maximum absolute atomic E-state index is 13.8. The minimum Gasteiger partial charge on any atom is -0.478 e. The quantitative estimate of drug-likeness (QED) is 0.488. The molecule has 2 amide bonds. The van der Waals surface area contributed by atoms with Gasteiger partial charge in [0.1, 0.15) is 6.04 Å². The van der Waals surface area contributed by atoms with E-state index in [-0.39, 0.29) is 23.3 Å². The predicted molar refractivity (Wildman–Crippen MR) is 141 cm³/mol. The Bertz CT molecular complexity index is 914. The Hall–Kier alpha value is -2.67. The SMILES string of the molecule is CC(=C[C@H](C(C)C)N(C)C(=O)[C@@H](NC(=O)[C@@H](N(C)C)C(C)(C)c1ccccc1)C(C)(C)C)C(=O)O. The highest BCUT2D eigenvalue weighted by Gasteiger charge is 2.43. The van der Waals surface area contributed by atoms with Crippen LogP contribution in [0.4, 0.5) is 0 Å². The normalized spacial score (nSPS) is 15.5. The zero-order valence-corrected chi connectivity index (χ0v) is 23.3. The van der Waals surface area contributed by atoms with Crippen molar-refractivity contribution in [2.24, 2.45) is 11.3 Å². The first kappa shape index (κ1) is 30.4. The molecule has 0 fully saturated rings. The molecule has 1 rings (SSSR count). The monoisotopic (exact) mass is 487 g/mol. The third-order valence-corrected chi connectivity index (χ3v) is 6.60. The van der Waals surface area contributed by atoms with Gasteiger partial charge in [-0.05, 0) is 37.9 Å². The Labute approximate surface area is 211 Å². The summed E-state index contributed by atoms with van der Waals surface area (Å²) in [4.78, 5) is 42.3. The Morgan fingerprint density at radius 1 is 0.971 bits per heavy atom. The lowest BCUT2D eigenvalue weighted by Gasteiger charge is -2.41. The van der Waals surface area contributed by atoms with Crippen LogP contribution in [-0.2, 0) is 19.8 Å². The molecule has 0 spiro atoms. The third-order valence-electron chi connectivity index (χ3n) is 6.60. The van der Waals surface area contributed by atoms with Gasteiger partial charge >= 0.3 is 5.97 Å². The van der Waals surface area contributed by atoms with Gasteiger partial charge in [0.05, 0.1) is 12.1 Å². The molecule has 0 aliphatic heterocycles. The summed E-state index contributed by atoms with van der Waals surface area (Å²) < 4.78 is 0. The largest absolute Gasteiger partial charge is 0.478 e. The minimum absolute atomic E-state index is 0.0129. The van der Waals surface area contributed by atoms with Crippen LogP contribution in [-0.4, -0.2) is 72.0 Å². The summed E-state index contributed by atoms with van der Waals surface area (Å²) in [6.07, 6.45) is 1.60. The summed E-state index contributed by atoms with van der Waals surface area (Å²) in [6.45, 7) is 15.2. The molecule has 1 aromatic rings. The van der Waals surface area contributed by atoms with Crippen LogP contribution in [0.2, 0.25) is 0 Å². The van der Waals surface area contributed by atoms with E-state index in [4.69, 9.17) is 0 Å². The third kappa shape index (κ3) is 7.66. The van der Waals surface area contributed by atoms with E-state index in [1.807, 2.05) is 97.8 Å². The lowest BCUT2D eigenvalue weighted by atomic mass is 9.76. The van der Waals surface area contributed by atoms with Crippen LogP contribution >= 0.6 is 0 Å². The van der Waals surface area contributed by atoms with E-state index in [0.717, 1.165) is 5.56 Å². The number of rotatable bonds is 10. The highest BCUT2D eigenvalue weighted by molar-refractivity contribution is 5.91. The van der Waals surface area contributed by atoms with Crippen molar-refractivity contribution in [1.82, 2.24) is 15.1 Å². The number of benzene rings is 1. The second-order valence-corrected chi connectivity index (χ2v) is 11.6. The maximum Gasteiger partial charge on any atom is 0.331 e. The van der Waals surface area contributed by atoms with E-state index < -0.39 is 34.9 Å². The van der Waals surface area contributed by atoms with Crippen LogP contribution in [0.3, 0.4) is 0 Å². The number of hydrogen-bond donors (Lipinski definition) is 2. The van der Waals surface area contributed by atoms with Crippen molar-refractivity contribution >= 4 is 17.8 Å². The van der Waals surface area contributed by atoms with Crippen molar-refractivity contribution in [2.45, 2.75) is 78.9 Å². The molecule has 1 aromatic carbocycles. The van der Waals surface area contributed by atoms with Gasteiger partial charge < -0.3 is 15.3 Å². The second-order valence-electron chi connectivity index (χ2n) is 11.6. The molecule has 7 heteroatoms. The summed E-state index contributed by atoms with van der Waals surface area (Å²) in [6, 6.07) is 8.12. The van der Waals surface area contributed by atoms with Gasteiger partial charge in [0.15, 0.2) is 0 Å². The molecule has 35 heavy (non-hydrogen) atoms. The highest BCUT2D eigenvalue weighted by atomic mass is 16.4. The molecule has 0 saturated heterocycles. The van der Waals surface area contributed by atoms with Crippen molar-refractivity contribution < 1.29 is 19.5 Å². The van der Waals surface area contributed by atoms with Crippen molar-refractivity contribution in [3.05, 3.63) is 47.5 Å². The average Bonchev–Trinajstić information content (AvgIpc) is 2.73. The molecule has 0 aromatic heterocycles. The number of amides is 2. The molecular weight excluding hydrogens is 442 g/mol. The van der Waals surface area contributed by atoms with Gasteiger partial charge in [-0.15, -0.1) is 0 Å². The molecule has 2 N–H and O–H groups in total. The first-order valence-electron chi connectivity index (χ1n) is 12.1. The van der Waals surface area contributed by atoms with E-state index in [1.54, 1.807) is 18.0 Å². The molecule has 0 saturated carbocycles. The summed E-state index contributed by atoms with van der Waals surface area (Å²) in [5, 5.41) is 12.4. The standard InChI is InChI=1S/C28H45N3O4/c1-18(2)21(17-19(3)26(34)35)31(11)25(33)22(27(4,5)6)29-24(32)23(30(9)10)28(7,8)20-15-13-12-14-16-20/h12-18,21-23H,1-11H3,(H,29,32)(H,34,35)/t21-,22-,23-/m1/s1. The summed E-state index contributed by atoms with van der Waals surface area (Å²) >= 11 is 0. The van der Waals surface area contributed by atoms with Crippen LogP contribution in [0.25, 0.3) is 0 Å². The number of carboxylic acids is 1. The average molecular weight is 488 g/mol. The van der Waals surface area contributed by atoms with Crippen LogP contribution in [0.5, 0.6) is 0 Å². The fourth-order valence-electron chi connectivity index (χ4n) is 4.53. The minimum atomic E-state index is -1.02. The Balaban J connectivity index is 3.36. The predicted octanol–water partition coefficient (Wildman–Crippen LogP) is 3.94. The lowest BCUT2D eigenvalue weighted by Crippen LogP contribution is -2.61. The van der Waals surface area contributed by atoms with E-state index >= 15 is 0 Å². The van der Waals surface area contributed by atoms with E-state index in [1.165, 1.54) is 6.92 Å². The smallest absolute Gasteiger partial charge is 0.331 e. The Morgan fingerprint density at radius 2 is 1.49 bits per heavy atom. The summed E-state index contributed by atoms with van der Waals surface area (Å²) in [5.41, 5.74) is 0.117. The molecule has 0 heterocycles. The first-order valence-corrected chi connectivity index (χ1v) is 12.1. The first-order chi connectivity index (χ1) is 15.9. The van der Waals surface area contributed by atoms with Gasteiger partial charge in [0.25, 0.3) is 0 Å². The molecule has 0 bridgehead atoms. The van der Waals surface area contributed by atoms with Crippen molar-refractivity contribution in [1.29, 1.82) is 0 Å². The van der Waals surface area contributed by atoms with E-state index in [2.05, 4.69) is 5.32 Å². The number of carboxylic acid groups (broad SMARTS) is 1. The van der Waals surface area contributed by atoms with Crippen LogP contribution in [0.1, 0.15) is 61.0 Å². The maximum atomic E-state index is 13.8. The molecule has 0 aliphatic carbocycles.